The van der Waals surface area contributed by atoms with Crippen molar-refractivity contribution in [1.29, 1.82) is 0 Å². The first-order valence-electron chi connectivity index (χ1n) is 7.24. The Morgan fingerprint density at radius 3 is 2.52 bits per heavy atom. The molecule has 5 heteroatoms. The highest BCUT2D eigenvalue weighted by molar-refractivity contribution is 5.86. The van der Waals surface area contributed by atoms with Crippen LogP contribution in [0.4, 0.5) is 0 Å². The average Bonchev–Trinajstić information content (AvgIpc) is 2.53. The molecule has 2 N–H and O–H groups in total. The summed E-state index contributed by atoms with van der Waals surface area (Å²) in [4.78, 5) is 28.0. The van der Waals surface area contributed by atoms with Crippen molar-refractivity contribution >= 4 is 11.9 Å². The van der Waals surface area contributed by atoms with Crippen molar-refractivity contribution in [1.82, 2.24) is 10.3 Å². The third kappa shape index (κ3) is 2.68. The number of pyridine rings is 1. The zero-order valence-corrected chi connectivity index (χ0v) is 11.6. The second-order valence-corrected chi connectivity index (χ2v) is 5.76. The summed E-state index contributed by atoms with van der Waals surface area (Å²) in [6.07, 6.45) is 9.12. The number of hydrogen-bond acceptors (Lipinski definition) is 3. The molecule has 1 aromatic heterocycles. The molecule has 0 spiro atoms. The summed E-state index contributed by atoms with van der Waals surface area (Å²) in [5.74, 6) is -2.04. The van der Waals surface area contributed by atoms with Crippen LogP contribution in [0.5, 0.6) is 0 Å². The molecule has 1 heterocycles. The third-order valence-corrected chi connectivity index (χ3v) is 4.53. The fraction of sp³-hybridized carbons (Fsp3) is 0.438. The van der Waals surface area contributed by atoms with Crippen molar-refractivity contribution in [2.45, 2.75) is 19.4 Å². The van der Waals surface area contributed by atoms with Gasteiger partial charge in [-0.25, -0.2) is 0 Å². The fourth-order valence-electron chi connectivity index (χ4n) is 3.50. The Labute approximate surface area is 123 Å². The van der Waals surface area contributed by atoms with Gasteiger partial charge in [-0.3, -0.25) is 14.6 Å². The Bertz CT molecular complexity index is 570. The van der Waals surface area contributed by atoms with Gasteiger partial charge in [0.25, 0.3) is 0 Å². The first-order chi connectivity index (χ1) is 10.2. The molecule has 0 unspecified atom stereocenters. The summed E-state index contributed by atoms with van der Waals surface area (Å²) >= 11 is 0. The number of allylic oxidation sites excluding steroid dienone is 2. The first kappa shape index (κ1) is 13.8. The molecule has 1 fully saturated rings. The van der Waals surface area contributed by atoms with E-state index in [-0.39, 0.29) is 17.7 Å². The van der Waals surface area contributed by atoms with E-state index in [1.54, 1.807) is 12.4 Å². The van der Waals surface area contributed by atoms with Crippen LogP contribution < -0.4 is 5.32 Å². The smallest absolute Gasteiger partial charge is 0.307 e. The highest BCUT2D eigenvalue weighted by Crippen LogP contribution is 2.45. The van der Waals surface area contributed by atoms with Gasteiger partial charge in [-0.15, -0.1) is 0 Å². The Morgan fingerprint density at radius 2 is 1.95 bits per heavy atom. The Hall–Kier alpha value is -2.17. The van der Waals surface area contributed by atoms with Crippen LogP contribution in [0.25, 0.3) is 0 Å². The molecule has 3 aliphatic carbocycles. The molecule has 0 aliphatic heterocycles. The molecule has 1 amide bonds. The maximum Gasteiger partial charge on any atom is 0.307 e. The number of nitrogens with zero attached hydrogens (tertiary/aromatic N) is 1. The van der Waals surface area contributed by atoms with Crippen molar-refractivity contribution in [3.8, 4) is 0 Å². The number of amides is 1. The van der Waals surface area contributed by atoms with Crippen molar-refractivity contribution in [2.24, 2.45) is 23.7 Å². The number of hydrogen-bond donors (Lipinski definition) is 2. The second kappa shape index (κ2) is 5.68. The van der Waals surface area contributed by atoms with E-state index in [4.69, 9.17) is 0 Å². The lowest BCUT2D eigenvalue weighted by Crippen LogP contribution is -2.48. The number of carbonyl (C=O) groups is 2. The van der Waals surface area contributed by atoms with E-state index < -0.39 is 17.8 Å². The normalized spacial score (nSPS) is 30.1. The minimum Gasteiger partial charge on any atom is -0.481 e. The Morgan fingerprint density at radius 1 is 1.24 bits per heavy atom. The Balaban J connectivity index is 1.71. The van der Waals surface area contributed by atoms with Gasteiger partial charge < -0.3 is 10.4 Å². The molecule has 0 saturated heterocycles. The van der Waals surface area contributed by atoms with Crippen LogP contribution in [0.3, 0.4) is 0 Å². The number of aliphatic carboxylic acids is 1. The number of carbonyl (C=O) groups excluding carboxylic acids is 1. The number of nitrogens with one attached hydrogen (secondary N) is 1. The van der Waals surface area contributed by atoms with Gasteiger partial charge in [0.1, 0.15) is 0 Å². The molecule has 5 nitrogen and oxygen atoms in total. The van der Waals surface area contributed by atoms with Crippen molar-refractivity contribution in [3.63, 3.8) is 0 Å². The summed E-state index contributed by atoms with van der Waals surface area (Å²) in [5, 5.41) is 12.3. The zero-order chi connectivity index (χ0) is 14.8. The van der Waals surface area contributed by atoms with Gasteiger partial charge in [0.2, 0.25) is 5.91 Å². The maximum absolute atomic E-state index is 12.4. The van der Waals surface area contributed by atoms with Gasteiger partial charge >= 0.3 is 5.97 Å². The molecule has 4 atom stereocenters. The van der Waals surface area contributed by atoms with Crippen LogP contribution in [0.1, 0.15) is 18.4 Å². The lowest BCUT2D eigenvalue weighted by molar-refractivity contribution is -0.153. The van der Waals surface area contributed by atoms with Crippen molar-refractivity contribution in [3.05, 3.63) is 42.2 Å². The van der Waals surface area contributed by atoms with E-state index >= 15 is 0 Å². The average molecular weight is 286 g/mol. The van der Waals surface area contributed by atoms with Gasteiger partial charge in [0.15, 0.2) is 0 Å². The largest absolute Gasteiger partial charge is 0.481 e. The quantitative estimate of drug-likeness (QED) is 0.824. The first-order valence-corrected chi connectivity index (χ1v) is 7.24. The van der Waals surface area contributed by atoms with Gasteiger partial charge in [-0.1, -0.05) is 18.2 Å². The summed E-state index contributed by atoms with van der Waals surface area (Å²) in [6, 6.07) is 3.70. The minimum atomic E-state index is -0.865. The summed E-state index contributed by atoms with van der Waals surface area (Å²) in [5.41, 5.74) is 0.911. The highest BCUT2D eigenvalue weighted by Gasteiger charge is 2.47. The molecule has 0 aromatic carbocycles. The molecule has 0 radical (unpaired) electrons. The van der Waals surface area contributed by atoms with Crippen molar-refractivity contribution < 1.29 is 14.7 Å². The van der Waals surface area contributed by atoms with Gasteiger partial charge in [-0.2, -0.15) is 0 Å². The number of carboxylic acids is 1. The van der Waals surface area contributed by atoms with E-state index in [2.05, 4.69) is 10.3 Å². The number of fused-ring (bicyclic) bond motifs is 2. The second-order valence-electron chi connectivity index (χ2n) is 5.76. The maximum atomic E-state index is 12.4. The number of rotatable bonds is 4. The van der Waals surface area contributed by atoms with E-state index in [0.29, 0.717) is 6.54 Å². The molecule has 2 bridgehead atoms. The van der Waals surface area contributed by atoms with Crippen LogP contribution in [-0.4, -0.2) is 22.0 Å². The molecule has 21 heavy (non-hydrogen) atoms. The number of aromatic nitrogens is 1. The highest BCUT2D eigenvalue weighted by atomic mass is 16.4. The topological polar surface area (TPSA) is 79.3 Å². The summed E-state index contributed by atoms with van der Waals surface area (Å²) in [7, 11) is 0. The van der Waals surface area contributed by atoms with Crippen LogP contribution in [-0.2, 0) is 16.1 Å². The predicted octanol–water partition coefficient (Wildman–Crippen LogP) is 1.61. The molecule has 110 valence electrons. The standard InChI is InChI=1S/C16H18N2O3/c19-15(18-9-10-2-1-7-17-8-10)13-11-3-5-12(6-4-11)14(13)16(20)21/h1-3,5,7-8,11-14H,4,6,9H2,(H,18,19)(H,20,21)/t11-,12+,13-,14+/m0/s1. The third-order valence-electron chi connectivity index (χ3n) is 4.53. The molecule has 1 saturated carbocycles. The van der Waals surface area contributed by atoms with Crippen molar-refractivity contribution in [2.75, 3.05) is 0 Å². The van der Waals surface area contributed by atoms with Crippen LogP contribution in [0, 0.1) is 23.7 Å². The lowest BCUT2D eigenvalue weighted by Gasteiger charge is -2.41. The molecule has 3 aliphatic rings. The van der Waals surface area contributed by atoms with Crippen LogP contribution >= 0.6 is 0 Å². The van der Waals surface area contributed by atoms with Gasteiger partial charge in [0, 0.05) is 18.9 Å². The number of carboxylic acid groups (broad SMARTS) is 1. The van der Waals surface area contributed by atoms with E-state index in [1.807, 2.05) is 24.3 Å². The monoisotopic (exact) mass is 286 g/mol. The van der Waals surface area contributed by atoms with Gasteiger partial charge in [0.05, 0.1) is 11.8 Å². The van der Waals surface area contributed by atoms with Gasteiger partial charge in [-0.05, 0) is 36.3 Å². The molecule has 1 aromatic rings. The summed E-state index contributed by atoms with van der Waals surface area (Å²) in [6.45, 7) is 0.386. The lowest BCUT2D eigenvalue weighted by atomic mass is 9.62. The van der Waals surface area contributed by atoms with E-state index in [9.17, 15) is 14.7 Å². The molecule has 4 rings (SSSR count). The SMILES string of the molecule is O=C(NCc1cccnc1)[C@@H]1[C@H](C(=O)O)[C@@H]2C=C[C@H]1CC2. The Kier molecular flexibility index (Phi) is 3.73. The summed E-state index contributed by atoms with van der Waals surface area (Å²) < 4.78 is 0. The zero-order valence-electron chi connectivity index (χ0n) is 11.6. The molecular formula is C16H18N2O3. The minimum absolute atomic E-state index is 0.0124. The van der Waals surface area contributed by atoms with Crippen LogP contribution in [0.15, 0.2) is 36.7 Å². The predicted molar refractivity (Wildman–Crippen MR) is 76.1 cm³/mol. The molecular weight excluding hydrogens is 268 g/mol. The van der Waals surface area contributed by atoms with E-state index in [0.717, 1.165) is 18.4 Å². The fourth-order valence-corrected chi connectivity index (χ4v) is 3.50. The van der Waals surface area contributed by atoms with Crippen LogP contribution in [0.2, 0.25) is 0 Å². The van der Waals surface area contributed by atoms with E-state index in [1.165, 1.54) is 0 Å².